The first-order chi connectivity index (χ1) is 7.27. The van der Waals surface area contributed by atoms with Crippen LogP contribution in [0.25, 0.3) is 0 Å². The topological polar surface area (TPSA) is 60.7 Å². The minimum Gasteiger partial charge on any atom is -0.292 e. The van der Waals surface area contributed by atoms with Crippen LogP contribution in [0.3, 0.4) is 0 Å². The highest BCUT2D eigenvalue weighted by Gasteiger charge is 2.09. The van der Waals surface area contributed by atoms with E-state index in [1.54, 1.807) is 10.9 Å². The number of rotatable bonds is 4. The van der Waals surface area contributed by atoms with Gasteiger partial charge >= 0.3 is 0 Å². The van der Waals surface area contributed by atoms with Gasteiger partial charge < -0.3 is 0 Å². The number of ketones is 1. The van der Waals surface area contributed by atoms with Gasteiger partial charge in [0.2, 0.25) is 0 Å². The summed E-state index contributed by atoms with van der Waals surface area (Å²) in [6.07, 6.45) is 4.37. The number of nitrogens with zero attached hydrogens (tertiary/aromatic N) is 4. The summed E-state index contributed by atoms with van der Waals surface area (Å²) in [5.41, 5.74) is 1.51. The van der Waals surface area contributed by atoms with Crippen LogP contribution >= 0.6 is 11.7 Å². The smallest absolute Gasteiger partial charge is 0.184 e. The van der Waals surface area contributed by atoms with Gasteiger partial charge in [0, 0.05) is 25.4 Å². The van der Waals surface area contributed by atoms with Gasteiger partial charge in [-0.15, -0.1) is 0 Å². The van der Waals surface area contributed by atoms with Crippen molar-refractivity contribution in [3.05, 3.63) is 29.8 Å². The first-order valence-corrected chi connectivity index (χ1v) is 5.28. The van der Waals surface area contributed by atoms with E-state index in [1.165, 1.54) is 6.20 Å². The molecule has 0 aliphatic heterocycles. The summed E-state index contributed by atoms with van der Waals surface area (Å²) in [6.45, 7) is 0. The summed E-state index contributed by atoms with van der Waals surface area (Å²) in [5, 5.41) is 4.04. The van der Waals surface area contributed by atoms with Crippen molar-refractivity contribution in [2.75, 3.05) is 0 Å². The Labute approximate surface area is 91.1 Å². The number of carbonyl (C=O) groups excluding carboxylic acids is 1. The van der Waals surface area contributed by atoms with Crippen LogP contribution in [0.5, 0.6) is 0 Å². The Bertz CT molecular complexity index is 448. The zero-order valence-electron chi connectivity index (χ0n) is 8.25. The molecule has 0 aromatic carbocycles. The Balaban J connectivity index is 1.95. The fourth-order valence-electron chi connectivity index (χ4n) is 1.30. The molecule has 0 saturated carbocycles. The summed E-state index contributed by atoms with van der Waals surface area (Å²) in [7, 11) is 1.87. The SMILES string of the molecule is Cn1nccc1CCC(=O)c1cnsn1. The average Bonchev–Trinajstić information content (AvgIpc) is 2.85. The van der Waals surface area contributed by atoms with Gasteiger partial charge in [0.05, 0.1) is 17.9 Å². The molecule has 0 radical (unpaired) electrons. The van der Waals surface area contributed by atoms with Crippen LogP contribution in [0.2, 0.25) is 0 Å². The van der Waals surface area contributed by atoms with Crippen molar-refractivity contribution in [3.8, 4) is 0 Å². The predicted molar refractivity (Wildman–Crippen MR) is 55.8 cm³/mol. The molecule has 0 unspecified atom stereocenters. The molecule has 6 heteroatoms. The maximum Gasteiger partial charge on any atom is 0.184 e. The lowest BCUT2D eigenvalue weighted by molar-refractivity contribution is 0.0978. The lowest BCUT2D eigenvalue weighted by Crippen LogP contribution is -2.04. The van der Waals surface area contributed by atoms with E-state index in [9.17, 15) is 4.79 Å². The standard InChI is InChI=1S/C9H10N4OS/c1-13-7(4-5-10-13)2-3-9(14)8-6-11-15-12-8/h4-6H,2-3H2,1H3. The average molecular weight is 222 g/mol. The highest BCUT2D eigenvalue weighted by Crippen LogP contribution is 2.06. The molecule has 0 atom stereocenters. The summed E-state index contributed by atoms with van der Waals surface area (Å²) in [6, 6.07) is 1.91. The second kappa shape index (κ2) is 4.31. The summed E-state index contributed by atoms with van der Waals surface area (Å²) >= 11 is 1.06. The van der Waals surface area contributed by atoms with Gasteiger partial charge in [-0.2, -0.15) is 13.8 Å². The maximum absolute atomic E-state index is 11.6. The zero-order valence-corrected chi connectivity index (χ0v) is 9.07. The van der Waals surface area contributed by atoms with Crippen molar-refractivity contribution in [1.29, 1.82) is 0 Å². The molecule has 0 aliphatic carbocycles. The Hall–Kier alpha value is -1.56. The molecule has 0 fully saturated rings. The normalized spacial score (nSPS) is 10.5. The van der Waals surface area contributed by atoms with E-state index in [-0.39, 0.29) is 5.78 Å². The molecule has 0 bridgehead atoms. The molecule has 78 valence electrons. The van der Waals surface area contributed by atoms with E-state index in [0.717, 1.165) is 17.4 Å². The molecule has 0 saturated heterocycles. The lowest BCUT2D eigenvalue weighted by atomic mass is 10.1. The van der Waals surface area contributed by atoms with Crippen LogP contribution < -0.4 is 0 Å². The molecule has 0 aliphatic rings. The quantitative estimate of drug-likeness (QED) is 0.726. The van der Waals surface area contributed by atoms with E-state index in [4.69, 9.17) is 0 Å². The van der Waals surface area contributed by atoms with E-state index in [1.807, 2.05) is 13.1 Å². The van der Waals surface area contributed by atoms with Crippen molar-refractivity contribution in [2.24, 2.45) is 7.05 Å². The van der Waals surface area contributed by atoms with E-state index in [0.29, 0.717) is 18.5 Å². The van der Waals surface area contributed by atoms with Crippen LogP contribution in [0.1, 0.15) is 22.6 Å². The number of hydrogen-bond acceptors (Lipinski definition) is 5. The van der Waals surface area contributed by atoms with Crippen LogP contribution in [0.15, 0.2) is 18.5 Å². The third-order valence-electron chi connectivity index (χ3n) is 2.18. The van der Waals surface area contributed by atoms with Crippen LogP contribution in [-0.2, 0) is 13.5 Å². The van der Waals surface area contributed by atoms with Crippen molar-refractivity contribution in [2.45, 2.75) is 12.8 Å². The Kier molecular flexibility index (Phi) is 2.86. The van der Waals surface area contributed by atoms with Crippen LogP contribution in [-0.4, -0.2) is 24.3 Å². The highest BCUT2D eigenvalue weighted by atomic mass is 32.1. The highest BCUT2D eigenvalue weighted by molar-refractivity contribution is 6.99. The molecular formula is C9H10N4OS. The molecule has 2 heterocycles. The van der Waals surface area contributed by atoms with Gasteiger partial charge in [-0.05, 0) is 12.5 Å². The minimum absolute atomic E-state index is 0.0324. The molecule has 5 nitrogen and oxygen atoms in total. The molecule has 2 rings (SSSR count). The monoisotopic (exact) mass is 222 g/mol. The van der Waals surface area contributed by atoms with E-state index in [2.05, 4.69) is 13.8 Å². The van der Waals surface area contributed by atoms with Crippen molar-refractivity contribution >= 4 is 17.5 Å². The zero-order chi connectivity index (χ0) is 10.7. The van der Waals surface area contributed by atoms with Crippen molar-refractivity contribution < 1.29 is 4.79 Å². The fourth-order valence-corrected chi connectivity index (χ4v) is 1.73. The molecule has 0 N–H and O–H groups in total. The summed E-state index contributed by atoms with van der Waals surface area (Å²) in [4.78, 5) is 11.6. The minimum atomic E-state index is 0.0324. The second-order valence-electron chi connectivity index (χ2n) is 3.16. The van der Waals surface area contributed by atoms with Gasteiger partial charge in [-0.25, -0.2) is 0 Å². The van der Waals surface area contributed by atoms with Crippen molar-refractivity contribution in [3.63, 3.8) is 0 Å². The molecular weight excluding hydrogens is 212 g/mol. The number of aromatic nitrogens is 4. The Morgan fingerprint density at radius 3 is 3.07 bits per heavy atom. The van der Waals surface area contributed by atoms with Gasteiger partial charge in [-0.3, -0.25) is 9.48 Å². The summed E-state index contributed by atoms with van der Waals surface area (Å²) in [5.74, 6) is 0.0324. The number of carbonyl (C=O) groups is 1. The van der Waals surface area contributed by atoms with Gasteiger partial charge in [0.25, 0.3) is 0 Å². The number of Topliss-reactive ketones (excluding diaryl/α,β-unsaturated/α-hetero) is 1. The molecule has 0 amide bonds. The third-order valence-corrected chi connectivity index (χ3v) is 2.66. The Morgan fingerprint density at radius 1 is 1.60 bits per heavy atom. The fraction of sp³-hybridized carbons (Fsp3) is 0.333. The molecule has 2 aromatic rings. The number of hydrogen-bond donors (Lipinski definition) is 0. The van der Waals surface area contributed by atoms with Gasteiger partial charge in [0.15, 0.2) is 5.78 Å². The first kappa shape index (κ1) is 9.97. The maximum atomic E-state index is 11.6. The van der Waals surface area contributed by atoms with Crippen LogP contribution in [0.4, 0.5) is 0 Å². The largest absolute Gasteiger partial charge is 0.292 e. The predicted octanol–water partition coefficient (Wildman–Crippen LogP) is 1.09. The van der Waals surface area contributed by atoms with Gasteiger partial charge in [0.1, 0.15) is 5.69 Å². The van der Waals surface area contributed by atoms with Gasteiger partial charge in [-0.1, -0.05) is 0 Å². The number of aryl methyl sites for hydroxylation is 2. The van der Waals surface area contributed by atoms with E-state index < -0.39 is 0 Å². The van der Waals surface area contributed by atoms with E-state index >= 15 is 0 Å². The molecule has 0 spiro atoms. The van der Waals surface area contributed by atoms with Crippen molar-refractivity contribution in [1.82, 2.24) is 18.5 Å². The van der Waals surface area contributed by atoms with Crippen LogP contribution in [0, 0.1) is 0 Å². The lowest BCUT2D eigenvalue weighted by Gasteiger charge is -1.99. The third kappa shape index (κ3) is 2.27. The second-order valence-corrected chi connectivity index (χ2v) is 3.72. The Morgan fingerprint density at radius 2 is 2.47 bits per heavy atom. The summed E-state index contributed by atoms with van der Waals surface area (Å²) < 4.78 is 9.47. The molecule has 2 aromatic heterocycles. The first-order valence-electron chi connectivity index (χ1n) is 4.55. The molecule has 15 heavy (non-hydrogen) atoms.